The maximum Gasteiger partial charge on any atom is 0.328 e. The van der Waals surface area contributed by atoms with Gasteiger partial charge in [0.15, 0.2) is 0 Å². The van der Waals surface area contributed by atoms with Crippen LogP contribution < -0.4 is 16.6 Å². The molecule has 5 heteroatoms. The number of benzene rings is 1. The Hall–Kier alpha value is -1.88. The van der Waals surface area contributed by atoms with Crippen LogP contribution in [0.15, 0.2) is 27.8 Å². The van der Waals surface area contributed by atoms with Crippen LogP contribution >= 0.6 is 0 Å². The molecule has 1 aromatic carbocycles. The lowest BCUT2D eigenvalue weighted by Crippen LogP contribution is -2.41. The molecule has 0 spiro atoms. The highest BCUT2D eigenvalue weighted by molar-refractivity contribution is 5.80. The van der Waals surface area contributed by atoms with Crippen molar-refractivity contribution in [1.29, 1.82) is 0 Å². The quantitative estimate of drug-likeness (QED) is 0.857. The number of H-pyrrole nitrogens is 1. The van der Waals surface area contributed by atoms with Gasteiger partial charge in [-0.15, -0.1) is 0 Å². The van der Waals surface area contributed by atoms with Gasteiger partial charge in [0.2, 0.25) is 0 Å². The number of nitrogens with one attached hydrogen (secondary N) is 2. The molecular formula is C15H19N3O2. The van der Waals surface area contributed by atoms with Gasteiger partial charge in [-0.2, -0.15) is 0 Å². The largest absolute Gasteiger partial charge is 0.328 e. The van der Waals surface area contributed by atoms with E-state index in [-0.39, 0.29) is 11.2 Å². The van der Waals surface area contributed by atoms with Crippen LogP contribution in [0.1, 0.15) is 18.4 Å². The van der Waals surface area contributed by atoms with Gasteiger partial charge in [-0.1, -0.05) is 12.1 Å². The average Bonchev–Trinajstić information content (AvgIpc) is 2.44. The normalized spacial score (nSPS) is 19.4. The van der Waals surface area contributed by atoms with Crippen LogP contribution in [-0.2, 0) is 6.54 Å². The van der Waals surface area contributed by atoms with Crippen molar-refractivity contribution in [3.05, 3.63) is 44.6 Å². The summed E-state index contributed by atoms with van der Waals surface area (Å²) < 4.78 is 1.35. The third-order valence-corrected chi connectivity index (χ3v) is 4.06. The summed E-state index contributed by atoms with van der Waals surface area (Å²) >= 11 is 0. The number of piperidine rings is 1. The molecule has 0 aliphatic carbocycles. The van der Waals surface area contributed by atoms with Crippen LogP contribution in [0.25, 0.3) is 10.9 Å². The van der Waals surface area contributed by atoms with E-state index >= 15 is 0 Å². The van der Waals surface area contributed by atoms with E-state index < -0.39 is 0 Å². The summed E-state index contributed by atoms with van der Waals surface area (Å²) in [5, 5.41) is 3.94. The number of fused-ring (bicyclic) bond motifs is 1. The average molecular weight is 273 g/mol. The number of aromatic nitrogens is 2. The Morgan fingerprint density at radius 1 is 1.35 bits per heavy atom. The van der Waals surface area contributed by atoms with Gasteiger partial charge < -0.3 is 10.3 Å². The minimum Gasteiger partial charge on any atom is -0.316 e. The van der Waals surface area contributed by atoms with Crippen LogP contribution in [-0.4, -0.2) is 22.6 Å². The monoisotopic (exact) mass is 273 g/mol. The summed E-state index contributed by atoms with van der Waals surface area (Å²) in [5.41, 5.74) is 1.04. The van der Waals surface area contributed by atoms with E-state index in [1.165, 1.54) is 4.57 Å². The second-order valence-corrected chi connectivity index (χ2v) is 5.56. The summed E-state index contributed by atoms with van der Waals surface area (Å²) in [7, 11) is 0. The van der Waals surface area contributed by atoms with E-state index in [2.05, 4.69) is 10.3 Å². The summed E-state index contributed by atoms with van der Waals surface area (Å²) in [6, 6.07) is 5.52. The Bertz CT molecular complexity index is 739. The van der Waals surface area contributed by atoms with Crippen molar-refractivity contribution < 1.29 is 0 Å². The van der Waals surface area contributed by atoms with E-state index in [0.29, 0.717) is 23.4 Å². The Morgan fingerprint density at radius 2 is 2.20 bits per heavy atom. The van der Waals surface area contributed by atoms with Crippen LogP contribution in [0.4, 0.5) is 0 Å². The predicted molar refractivity (Wildman–Crippen MR) is 79.2 cm³/mol. The Labute approximate surface area is 116 Å². The fraction of sp³-hybridized carbons (Fsp3) is 0.467. The standard InChI is InChI=1S/C15H19N3O2/c1-10-4-2-6-12-13(10)14(19)18(15(20)17-12)9-11-5-3-7-16-8-11/h2,4,6,11,16H,3,5,7-9H2,1H3,(H,17,20). The zero-order chi connectivity index (χ0) is 14.1. The van der Waals surface area contributed by atoms with Gasteiger partial charge in [-0.05, 0) is 50.4 Å². The predicted octanol–water partition coefficient (Wildman–Crippen LogP) is 0.998. The molecule has 0 radical (unpaired) electrons. The topological polar surface area (TPSA) is 66.9 Å². The molecule has 1 saturated heterocycles. The molecule has 1 atom stereocenters. The van der Waals surface area contributed by atoms with Crippen LogP contribution in [0, 0.1) is 12.8 Å². The molecule has 0 amide bonds. The summed E-state index contributed by atoms with van der Waals surface area (Å²) in [6.45, 7) is 4.29. The van der Waals surface area contributed by atoms with Crippen molar-refractivity contribution >= 4 is 10.9 Å². The molecule has 106 valence electrons. The highest BCUT2D eigenvalue weighted by Gasteiger charge is 2.17. The zero-order valence-electron chi connectivity index (χ0n) is 11.6. The lowest BCUT2D eigenvalue weighted by Gasteiger charge is -2.23. The van der Waals surface area contributed by atoms with Crippen molar-refractivity contribution in [2.75, 3.05) is 13.1 Å². The SMILES string of the molecule is Cc1cccc2[nH]c(=O)n(CC3CCCNC3)c(=O)c12. The maximum atomic E-state index is 12.6. The van der Waals surface area contributed by atoms with Crippen molar-refractivity contribution in [1.82, 2.24) is 14.9 Å². The van der Waals surface area contributed by atoms with Gasteiger partial charge in [0.05, 0.1) is 10.9 Å². The number of aromatic amines is 1. The number of aryl methyl sites for hydroxylation is 1. The summed E-state index contributed by atoms with van der Waals surface area (Å²) in [6.07, 6.45) is 2.16. The first-order chi connectivity index (χ1) is 9.66. The molecule has 20 heavy (non-hydrogen) atoms. The maximum absolute atomic E-state index is 12.6. The van der Waals surface area contributed by atoms with Crippen molar-refractivity contribution in [3.8, 4) is 0 Å². The van der Waals surface area contributed by atoms with E-state index in [4.69, 9.17) is 0 Å². The van der Waals surface area contributed by atoms with Crippen LogP contribution in [0.2, 0.25) is 0 Å². The molecule has 0 bridgehead atoms. The number of hydrogen-bond donors (Lipinski definition) is 2. The van der Waals surface area contributed by atoms with E-state index in [9.17, 15) is 9.59 Å². The van der Waals surface area contributed by atoms with Gasteiger partial charge in [-0.25, -0.2) is 4.79 Å². The minimum absolute atomic E-state index is 0.174. The van der Waals surface area contributed by atoms with Crippen LogP contribution in [0.5, 0.6) is 0 Å². The van der Waals surface area contributed by atoms with Crippen molar-refractivity contribution in [2.45, 2.75) is 26.3 Å². The molecule has 1 aromatic heterocycles. The van der Waals surface area contributed by atoms with Gasteiger partial charge in [0, 0.05) is 6.54 Å². The molecule has 1 aliphatic rings. The molecule has 5 nitrogen and oxygen atoms in total. The van der Waals surface area contributed by atoms with Gasteiger partial charge >= 0.3 is 5.69 Å². The number of hydrogen-bond acceptors (Lipinski definition) is 3. The molecule has 1 unspecified atom stereocenters. The third-order valence-electron chi connectivity index (χ3n) is 4.06. The molecule has 1 fully saturated rings. The van der Waals surface area contributed by atoms with E-state index in [0.717, 1.165) is 31.5 Å². The number of rotatable bonds is 2. The first-order valence-corrected chi connectivity index (χ1v) is 7.10. The molecule has 2 N–H and O–H groups in total. The molecule has 0 saturated carbocycles. The Balaban J connectivity index is 2.08. The smallest absolute Gasteiger partial charge is 0.316 e. The molecule has 1 aliphatic heterocycles. The lowest BCUT2D eigenvalue weighted by atomic mass is 9.99. The highest BCUT2D eigenvalue weighted by atomic mass is 16.2. The highest BCUT2D eigenvalue weighted by Crippen LogP contribution is 2.13. The first kappa shape index (κ1) is 13.1. The van der Waals surface area contributed by atoms with Crippen molar-refractivity contribution in [2.24, 2.45) is 5.92 Å². The van der Waals surface area contributed by atoms with E-state index in [1.807, 2.05) is 19.1 Å². The lowest BCUT2D eigenvalue weighted by molar-refractivity contribution is 0.329. The van der Waals surface area contributed by atoms with Gasteiger partial charge in [-0.3, -0.25) is 9.36 Å². The second kappa shape index (κ2) is 5.25. The minimum atomic E-state index is -0.307. The first-order valence-electron chi connectivity index (χ1n) is 7.10. The molecule has 2 heterocycles. The summed E-state index contributed by atoms with van der Waals surface area (Å²) in [5.74, 6) is 0.351. The van der Waals surface area contributed by atoms with Gasteiger partial charge in [0.25, 0.3) is 5.56 Å². The van der Waals surface area contributed by atoms with Crippen molar-refractivity contribution in [3.63, 3.8) is 0 Å². The van der Waals surface area contributed by atoms with Gasteiger partial charge in [0.1, 0.15) is 0 Å². The molecule has 3 rings (SSSR count). The molecule has 2 aromatic rings. The Morgan fingerprint density at radius 3 is 2.95 bits per heavy atom. The number of nitrogens with zero attached hydrogens (tertiary/aromatic N) is 1. The summed E-state index contributed by atoms with van der Waals surface area (Å²) in [4.78, 5) is 27.5. The molecular weight excluding hydrogens is 254 g/mol. The zero-order valence-corrected chi connectivity index (χ0v) is 11.6. The second-order valence-electron chi connectivity index (χ2n) is 5.56. The van der Waals surface area contributed by atoms with E-state index in [1.54, 1.807) is 6.07 Å². The fourth-order valence-corrected chi connectivity index (χ4v) is 2.97. The fourth-order valence-electron chi connectivity index (χ4n) is 2.97. The van der Waals surface area contributed by atoms with Crippen LogP contribution in [0.3, 0.4) is 0 Å². The third kappa shape index (κ3) is 2.29. The Kier molecular flexibility index (Phi) is 3.44.